The maximum Gasteiger partial charge on any atom is 0.191 e. The highest BCUT2D eigenvalue weighted by atomic mass is 16.5. The molecule has 0 atom stereocenters. The predicted molar refractivity (Wildman–Crippen MR) is 110 cm³/mol. The van der Waals surface area contributed by atoms with Crippen LogP contribution in [0, 0.1) is 0 Å². The van der Waals surface area contributed by atoms with E-state index in [-0.39, 0.29) is 0 Å². The molecule has 2 aromatic rings. The lowest BCUT2D eigenvalue weighted by Crippen LogP contribution is -2.49. The average Bonchev–Trinajstić information content (AvgIpc) is 3.16. The summed E-state index contributed by atoms with van der Waals surface area (Å²) < 4.78 is 5.46. The van der Waals surface area contributed by atoms with Gasteiger partial charge in [-0.3, -0.25) is 0 Å². The van der Waals surface area contributed by atoms with Crippen molar-refractivity contribution in [2.45, 2.75) is 52.2 Å². The molecule has 2 N–H and O–H groups in total. The summed E-state index contributed by atoms with van der Waals surface area (Å²) in [5, 5.41) is 11.1. The molecule has 146 valence electrons. The van der Waals surface area contributed by atoms with Crippen molar-refractivity contribution in [3.8, 4) is 11.3 Å². The van der Waals surface area contributed by atoms with Gasteiger partial charge in [0.05, 0.1) is 6.54 Å². The van der Waals surface area contributed by atoms with Gasteiger partial charge in [-0.1, -0.05) is 35.5 Å². The number of aromatic nitrogens is 1. The van der Waals surface area contributed by atoms with Crippen molar-refractivity contribution in [3.63, 3.8) is 0 Å². The summed E-state index contributed by atoms with van der Waals surface area (Å²) in [6, 6.07) is 13.1. The second kappa shape index (κ2) is 9.55. The summed E-state index contributed by atoms with van der Waals surface area (Å²) in [6.07, 6.45) is 2.29. The minimum atomic E-state index is 0.468. The fourth-order valence-corrected chi connectivity index (χ4v) is 3.36. The minimum Gasteiger partial charge on any atom is -0.357 e. The van der Waals surface area contributed by atoms with Crippen molar-refractivity contribution < 1.29 is 4.52 Å². The number of aliphatic imine (C=N–C) groups is 1. The lowest BCUT2D eigenvalue weighted by molar-refractivity contribution is 0.167. The second-order valence-electron chi connectivity index (χ2n) is 7.29. The monoisotopic (exact) mass is 369 g/mol. The van der Waals surface area contributed by atoms with Crippen LogP contribution in [0.4, 0.5) is 0 Å². The second-order valence-corrected chi connectivity index (χ2v) is 7.29. The maximum atomic E-state index is 5.46. The van der Waals surface area contributed by atoms with Crippen LogP contribution in [0.5, 0.6) is 0 Å². The molecule has 6 heteroatoms. The van der Waals surface area contributed by atoms with Gasteiger partial charge in [-0.25, -0.2) is 4.99 Å². The number of hydrogen-bond acceptors (Lipinski definition) is 4. The first kappa shape index (κ1) is 19.4. The first-order valence-corrected chi connectivity index (χ1v) is 9.95. The molecule has 6 nitrogen and oxygen atoms in total. The number of hydrogen-bond donors (Lipinski definition) is 2. The highest BCUT2D eigenvalue weighted by Gasteiger charge is 2.21. The fraction of sp³-hybridized carbons (Fsp3) is 0.524. The maximum absolute atomic E-state index is 5.46. The minimum absolute atomic E-state index is 0.468. The molecule has 1 aliphatic heterocycles. The summed E-state index contributed by atoms with van der Waals surface area (Å²) in [5.41, 5.74) is 1.86. The number of piperidine rings is 1. The summed E-state index contributed by atoms with van der Waals surface area (Å²) >= 11 is 0. The number of likely N-dealkylation sites (tertiary alicyclic amines) is 1. The van der Waals surface area contributed by atoms with E-state index in [0.717, 1.165) is 55.5 Å². The highest BCUT2D eigenvalue weighted by Crippen LogP contribution is 2.20. The van der Waals surface area contributed by atoms with Crippen LogP contribution < -0.4 is 10.6 Å². The molecule has 27 heavy (non-hydrogen) atoms. The molecule has 1 aliphatic rings. The van der Waals surface area contributed by atoms with Crippen LogP contribution in [0.3, 0.4) is 0 Å². The molecule has 0 unspecified atom stereocenters. The summed E-state index contributed by atoms with van der Waals surface area (Å²) in [4.78, 5) is 7.23. The molecule has 1 aromatic carbocycles. The SMILES string of the molecule is CCNC(=NCc1cc(-c2ccccc2)on1)NC1CCN(C(C)C)CC1. The Labute approximate surface area is 162 Å². The zero-order chi connectivity index (χ0) is 19.1. The van der Waals surface area contributed by atoms with Gasteiger partial charge in [-0.05, 0) is 33.6 Å². The predicted octanol–water partition coefficient (Wildman–Crippen LogP) is 3.27. The summed E-state index contributed by atoms with van der Waals surface area (Å²) in [7, 11) is 0. The first-order chi connectivity index (χ1) is 13.2. The lowest BCUT2D eigenvalue weighted by Gasteiger charge is -2.35. The molecule has 0 spiro atoms. The van der Waals surface area contributed by atoms with Crippen LogP contribution in [0.15, 0.2) is 45.9 Å². The van der Waals surface area contributed by atoms with E-state index in [2.05, 4.69) is 41.5 Å². The molecule has 0 bridgehead atoms. The van der Waals surface area contributed by atoms with Gasteiger partial charge in [0.2, 0.25) is 0 Å². The number of guanidine groups is 1. The van der Waals surface area contributed by atoms with Crippen LogP contribution in [-0.2, 0) is 6.54 Å². The van der Waals surface area contributed by atoms with E-state index in [1.165, 1.54) is 0 Å². The van der Waals surface area contributed by atoms with Crippen LogP contribution in [-0.4, -0.2) is 47.7 Å². The Bertz CT molecular complexity index is 717. The van der Waals surface area contributed by atoms with E-state index in [1.54, 1.807) is 0 Å². The Morgan fingerprint density at radius 2 is 2.00 bits per heavy atom. The highest BCUT2D eigenvalue weighted by molar-refractivity contribution is 5.80. The van der Waals surface area contributed by atoms with E-state index < -0.39 is 0 Å². The van der Waals surface area contributed by atoms with Gasteiger partial charge in [0.25, 0.3) is 0 Å². The van der Waals surface area contributed by atoms with Gasteiger partial charge in [0.1, 0.15) is 5.69 Å². The molecule has 3 rings (SSSR count). The van der Waals surface area contributed by atoms with Crippen molar-refractivity contribution in [2.75, 3.05) is 19.6 Å². The van der Waals surface area contributed by atoms with Crippen molar-refractivity contribution in [1.29, 1.82) is 0 Å². The van der Waals surface area contributed by atoms with Gasteiger partial charge >= 0.3 is 0 Å². The van der Waals surface area contributed by atoms with Crippen molar-refractivity contribution >= 4 is 5.96 Å². The number of nitrogens with one attached hydrogen (secondary N) is 2. The summed E-state index contributed by atoms with van der Waals surface area (Å²) in [5.74, 6) is 1.63. The third-order valence-corrected chi connectivity index (χ3v) is 4.96. The third kappa shape index (κ3) is 5.57. The fourth-order valence-electron chi connectivity index (χ4n) is 3.36. The molecule has 0 aliphatic carbocycles. The lowest BCUT2D eigenvalue weighted by atomic mass is 10.0. The van der Waals surface area contributed by atoms with Gasteiger partial charge in [-0.2, -0.15) is 0 Å². The van der Waals surface area contributed by atoms with Crippen LogP contribution >= 0.6 is 0 Å². The van der Waals surface area contributed by atoms with Crippen molar-refractivity contribution in [2.24, 2.45) is 4.99 Å². The zero-order valence-electron chi connectivity index (χ0n) is 16.6. The van der Waals surface area contributed by atoms with Crippen molar-refractivity contribution in [1.82, 2.24) is 20.7 Å². The van der Waals surface area contributed by atoms with Crippen molar-refractivity contribution in [3.05, 3.63) is 42.1 Å². The smallest absolute Gasteiger partial charge is 0.191 e. The molecular weight excluding hydrogens is 338 g/mol. The first-order valence-electron chi connectivity index (χ1n) is 9.95. The molecule has 1 fully saturated rings. The van der Waals surface area contributed by atoms with Crippen LogP contribution in [0.25, 0.3) is 11.3 Å². The van der Waals surface area contributed by atoms with Gasteiger partial charge in [0.15, 0.2) is 11.7 Å². The van der Waals surface area contributed by atoms with Gasteiger partial charge in [-0.15, -0.1) is 0 Å². The summed E-state index contributed by atoms with van der Waals surface area (Å²) in [6.45, 7) is 10.2. The van der Waals surface area contributed by atoms with Crippen LogP contribution in [0.2, 0.25) is 0 Å². The standard InChI is InChI=1S/C21H31N5O/c1-4-22-21(24-18-10-12-26(13-11-18)16(2)3)23-15-19-14-20(27-25-19)17-8-6-5-7-9-17/h5-9,14,16,18H,4,10-13,15H2,1-3H3,(H2,22,23,24). The number of rotatable bonds is 6. The number of nitrogens with zero attached hydrogens (tertiary/aromatic N) is 3. The molecule has 0 saturated carbocycles. The average molecular weight is 370 g/mol. The van der Waals surface area contributed by atoms with Crippen LogP contribution in [0.1, 0.15) is 39.3 Å². The largest absolute Gasteiger partial charge is 0.357 e. The molecule has 1 saturated heterocycles. The Morgan fingerprint density at radius 3 is 2.67 bits per heavy atom. The molecule has 1 aromatic heterocycles. The van der Waals surface area contributed by atoms with E-state index >= 15 is 0 Å². The topological polar surface area (TPSA) is 65.7 Å². The Balaban J connectivity index is 1.57. The van der Waals surface area contributed by atoms with E-state index in [1.807, 2.05) is 36.4 Å². The molecule has 2 heterocycles. The molecule has 0 radical (unpaired) electrons. The zero-order valence-corrected chi connectivity index (χ0v) is 16.6. The molecular formula is C21H31N5O. The van der Waals surface area contributed by atoms with Gasteiger partial charge < -0.3 is 20.1 Å². The number of benzene rings is 1. The van der Waals surface area contributed by atoms with E-state index in [0.29, 0.717) is 18.6 Å². The molecule has 0 amide bonds. The van der Waals surface area contributed by atoms with Gasteiger partial charge in [0, 0.05) is 43.3 Å². The quantitative estimate of drug-likeness (QED) is 0.604. The normalized spacial score (nSPS) is 16.7. The Morgan fingerprint density at radius 1 is 1.26 bits per heavy atom. The van der Waals surface area contributed by atoms with E-state index in [4.69, 9.17) is 9.52 Å². The van der Waals surface area contributed by atoms with E-state index in [9.17, 15) is 0 Å². The Hall–Kier alpha value is -2.34. The third-order valence-electron chi connectivity index (χ3n) is 4.96. The Kier molecular flexibility index (Phi) is 6.87.